The summed E-state index contributed by atoms with van der Waals surface area (Å²) in [6.07, 6.45) is 8.43. The summed E-state index contributed by atoms with van der Waals surface area (Å²) in [5.41, 5.74) is 3.12. The highest BCUT2D eigenvalue weighted by Crippen LogP contribution is 2.25. The molecule has 0 N–H and O–H groups in total. The molecule has 3 heterocycles. The lowest BCUT2D eigenvalue weighted by Gasteiger charge is -2.32. The summed E-state index contributed by atoms with van der Waals surface area (Å²) in [5, 5.41) is 0. The molecule has 0 saturated carbocycles. The fourth-order valence-electron chi connectivity index (χ4n) is 4.95. The number of hydrogen-bond acceptors (Lipinski definition) is 4. The Hall–Kier alpha value is -2.27. The van der Waals surface area contributed by atoms with E-state index >= 15 is 0 Å². The molecule has 5 heteroatoms. The molecule has 2 fully saturated rings. The van der Waals surface area contributed by atoms with Crippen molar-refractivity contribution in [1.82, 2.24) is 19.8 Å². The zero-order chi connectivity index (χ0) is 21.6. The van der Waals surface area contributed by atoms with Crippen molar-refractivity contribution in [3.05, 3.63) is 59.2 Å². The quantitative estimate of drug-likeness (QED) is 0.663. The monoisotopic (exact) mass is 420 g/mol. The highest BCUT2D eigenvalue weighted by molar-refractivity contribution is 5.95. The molecule has 0 spiro atoms. The van der Waals surface area contributed by atoms with Gasteiger partial charge in [-0.25, -0.2) is 9.97 Å². The summed E-state index contributed by atoms with van der Waals surface area (Å²) in [6, 6.07) is 10.8. The Bertz CT molecular complexity index is 855. The lowest BCUT2D eigenvalue weighted by molar-refractivity contribution is 0.0790. The van der Waals surface area contributed by atoms with E-state index in [1.54, 1.807) is 6.20 Å². The number of piperidine rings is 1. The third-order valence-electron chi connectivity index (χ3n) is 7.05. The van der Waals surface area contributed by atoms with Gasteiger partial charge in [0.2, 0.25) is 0 Å². The van der Waals surface area contributed by atoms with Crippen LogP contribution in [-0.2, 0) is 6.42 Å². The molecule has 166 valence electrons. The number of hydrogen-bond donors (Lipinski definition) is 0. The van der Waals surface area contributed by atoms with Gasteiger partial charge in [-0.3, -0.25) is 4.79 Å². The first-order valence-corrected chi connectivity index (χ1v) is 12.0. The summed E-state index contributed by atoms with van der Waals surface area (Å²) in [5.74, 6) is 2.09. The van der Waals surface area contributed by atoms with Crippen LogP contribution < -0.4 is 0 Å². The van der Waals surface area contributed by atoms with Crippen molar-refractivity contribution in [2.24, 2.45) is 5.92 Å². The SMILES string of the molecule is Cc1ncc(C(=O)N2CCCC2)c(CC2CCN(CCC(C)c3ccccc3)CC2)n1. The maximum Gasteiger partial charge on any atom is 0.257 e. The molecule has 1 amide bonds. The van der Waals surface area contributed by atoms with Crippen molar-refractivity contribution in [2.45, 2.75) is 58.3 Å². The number of likely N-dealkylation sites (tertiary alicyclic amines) is 2. The summed E-state index contributed by atoms with van der Waals surface area (Å²) in [4.78, 5) is 26.6. The number of rotatable bonds is 7. The van der Waals surface area contributed by atoms with Crippen LogP contribution in [0.5, 0.6) is 0 Å². The lowest BCUT2D eigenvalue weighted by Crippen LogP contribution is -2.36. The molecule has 5 nitrogen and oxygen atoms in total. The molecule has 2 aromatic rings. The van der Waals surface area contributed by atoms with Gasteiger partial charge in [0.1, 0.15) is 5.82 Å². The number of aromatic nitrogens is 2. The largest absolute Gasteiger partial charge is 0.339 e. The van der Waals surface area contributed by atoms with E-state index in [4.69, 9.17) is 4.98 Å². The van der Waals surface area contributed by atoms with Crippen LogP contribution in [0.3, 0.4) is 0 Å². The topological polar surface area (TPSA) is 49.3 Å². The van der Waals surface area contributed by atoms with Crippen molar-refractivity contribution >= 4 is 5.91 Å². The minimum absolute atomic E-state index is 0.125. The zero-order valence-electron chi connectivity index (χ0n) is 19.1. The number of nitrogens with zero attached hydrogens (tertiary/aromatic N) is 4. The van der Waals surface area contributed by atoms with Crippen LogP contribution in [0.25, 0.3) is 0 Å². The minimum atomic E-state index is 0.125. The molecule has 0 radical (unpaired) electrons. The smallest absolute Gasteiger partial charge is 0.257 e. The van der Waals surface area contributed by atoms with Gasteiger partial charge in [0.25, 0.3) is 5.91 Å². The molecule has 2 aliphatic heterocycles. The molecule has 31 heavy (non-hydrogen) atoms. The summed E-state index contributed by atoms with van der Waals surface area (Å²) < 4.78 is 0. The van der Waals surface area contributed by atoms with Gasteiger partial charge in [-0.15, -0.1) is 0 Å². The van der Waals surface area contributed by atoms with Crippen LogP contribution >= 0.6 is 0 Å². The first-order valence-electron chi connectivity index (χ1n) is 12.0. The van der Waals surface area contributed by atoms with Crippen LogP contribution in [0, 0.1) is 12.8 Å². The van der Waals surface area contributed by atoms with E-state index in [9.17, 15) is 4.79 Å². The van der Waals surface area contributed by atoms with Gasteiger partial charge in [-0.05, 0) is 82.5 Å². The normalized spacial score (nSPS) is 19.0. The number of carbonyl (C=O) groups is 1. The van der Waals surface area contributed by atoms with Gasteiger partial charge in [0.05, 0.1) is 11.3 Å². The van der Waals surface area contributed by atoms with Crippen molar-refractivity contribution in [3.63, 3.8) is 0 Å². The standard InChI is InChI=1S/C26H36N4O/c1-20(23-8-4-3-5-9-23)10-15-29-16-11-22(12-17-29)18-25-24(19-27-21(2)28-25)26(31)30-13-6-7-14-30/h3-5,8-9,19-20,22H,6-7,10-18H2,1-2H3. The van der Waals surface area contributed by atoms with E-state index in [1.807, 2.05) is 11.8 Å². The maximum absolute atomic E-state index is 13.0. The van der Waals surface area contributed by atoms with Gasteiger partial charge in [0.15, 0.2) is 0 Å². The Morgan fingerprint density at radius 3 is 2.52 bits per heavy atom. The van der Waals surface area contributed by atoms with Crippen LogP contribution in [0.4, 0.5) is 0 Å². The average Bonchev–Trinajstić information content (AvgIpc) is 3.34. The van der Waals surface area contributed by atoms with Crippen molar-refractivity contribution < 1.29 is 4.79 Å². The first kappa shape index (κ1) is 21.9. The number of amides is 1. The molecule has 4 rings (SSSR count). The van der Waals surface area contributed by atoms with E-state index in [-0.39, 0.29) is 5.91 Å². The molecule has 2 aliphatic rings. The van der Waals surface area contributed by atoms with Crippen molar-refractivity contribution in [3.8, 4) is 0 Å². The van der Waals surface area contributed by atoms with Gasteiger partial charge in [-0.2, -0.15) is 0 Å². The third-order valence-corrected chi connectivity index (χ3v) is 7.05. The number of benzene rings is 1. The molecule has 1 unspecified atom stereocenters. The van der Waals surface area contributed by atoms with Crippen LogP contribution in [-0.4, -0.2) is 58.4 Å². The van der Waals surface area contributed by atoms with Crippen molar-refractivity contribution in [2.75, 3.05) is 32.7 Å². The molecule has 2 saturated heterocycles. The van der Waals surface area contributed by atoms with Crippen LogP contribution in [0.1, 0.15) is 72.4 Å². The molecule has 1 atom stereocenters. The number of carbonyl (C=O) groups excluding carboxylic acids is 1. The molecular formula is C26H36N4O. The second-order valence-electron chi connectivity index (χ2n) is 9.37. The Kier molecular flexibility index (Phi) is 7.33. The average molecular weight is 421 g/mol. The Morgan fingerprint density at radius 2 is 1.81 bits per heavy atom. The maximum atomic E-state index is 13.0. The Balaban J connectivity index is 1.30. The van der Waals surface area contributed by atoms with E-state index in [0.717, 1.165) is 69.1 Å². The molecule has 0 bridgehead atoms. The van der Waals surface area contributed by atoms with E-state index in [0.29, 0.717) is 11.8 Å². The third kappa shape index (κ3) is 5.70. The van der Waals surface area contributed by atoms with Gasteiger partial charge >= 0.3 is 0 Å². The van der Waals surface area contributed by atoms with E-state index in [2.05, 4.69) is 47.1 Å². The zero-order valence-corrected chi connectivity index (χ0v) is 19.1. The van der Waals surface area contributed by atoms with E-state index in [1.165, 1.54) is 24.8 Å². The fraction of sp³-hybridized carbons (Fsp3) is 0.577. The van der Waals surface area contributed by atoms with Crippen molar-refractivity contribution in [1.29, 1.82) is 0 Å². The lowest BCUT2D eigenvalue weighted by atomic mass is 9.90. The highest BCUT2D eigenvalue weighted by Gasteiger charge is 2.26. The Labute approximate surface area is 186 Å². The predicted octanol–water partition coefficient (Wildman–Crippen LogP) is 4.47. The molecule has 1 aromatic carbocycles. The number of aryl methyl sites for hydroxylation is 1. The first-order chi connectivity index (χ1) is 15.1. The van der Waals surface area contributed by atoms with Gasteiger partial charge < -0.3 is 9.80 Å². The molecule has 1 aromatic heterocycles. The minimum Gasteiger partial charge on any atom is -0.339 e. The Morgan fingerprint density at radius 1 is 1.10 bits per heavy atom. The molecule has 0 aliphatic carbocycles. The van der Waals surface area contributed by atoms with Gasteiger partial charge in [0, 0.05) is 19.3 Å². The predicted molar refractivity (Wildman–Crippen MR) is 124 cm³/mol. The van der Waals surface area contributed by atoms with Crippen LogP contribution in [0.2, 0.25) is 0 Å². The second kappa shape index (κ2) is 10.4. The second-order valence-corrected chi connectivity index (χ2v) is 9.37. The summed E-state index contributed by atoms with van der Waals surface area (Å²) in [7, 11) is 0. The summed E-state index contributed by atoms with van der Waals surface area (Å²) in [6.45, 7) is 9.44. The van der Waals surface area contributed by atoms with E-state index < -0.39 is 0 Å². The fourth-order valence-corrected chi connectivity index (χ4v) is 4.95. The van der Waals surface area contributed by atoms with Crippen LogP contribution in [0.15, 0.2) is 36.5 Å². The van der Waals surface area contributed by atoms with Gasteiger partial charge in [-0.1, -0.05) is 37.3 Å². The highest BCUT2D eigenvalue weighted by atomic mass is 16.2. The summed E-state index contributed by atoms with van der Waals surface area (Å²) >= 11 is 0. The molecular weight excluding hydrogens is 384 g/mol.